The van der Waals surface area contributed by atoms with Gasteiger partial charge in [0.05, 0.1) is 24.8 Å². The van der Waals surface area contributed by atoms with Crippen molar-refractivity contribution < 1.29 is 18.4 Å². The van der Waals surface area contributed by atoms with Gasteiger partial charge in [0.15, 0.2) is 16.6 Å². The van der Waals surface area contributed by atoms with Crippen molar-refractivity contribution in [2.75, 3.05) is 6.61 Å². The molecule has 1 heterocycles. The quantitative estimate of drug-likeness (QED) is 0.103. The van der Waals surface area contributed by atoms with Gasteiger partial charge in [-0.3, -0.25) is 4.90 Å². The minimum absolute atomic E-state index is 0.0128. The summed E-state index contributed by atoms with van der Waals surface area (Å²) in [6.45, 7) is 31.5. The molecule has 0 aliphatic carbocycles. The van der Waals surface area contributed by atoms with Gasteiger partial charge in [-0.1, -0.05) is 106 Å². The summed E-state index contributed by atoms with van der Waals surface area (Å²) < 4.78 is 19.9. The van der Waals surface area contributed by atoms with Crippen molar-refractivity contribution in [3.8, 4) is 0 Å². The topological polar surface area (TPSA) is 48.0 Å². The van der Waals surface area contributed by atoms with Gasteiger partial charge in [-0.15, -0.1) is 0 Å². The highest BCUT2D eigenvalue weighted by atomic mass is 28.4. The second kappa shape index (κ2) is 16.6. The number of amides is 1. The third-order valence-corrected chi connectivity index (χ3v) is 18.8. The summed E-state index contributed by atoms with van der Waals surface area (Å²) in [5, 5.41) is 0.171. The Labute approximate surface area is 264 Å². The van der Waals surface area contributed by atoms with Crippen LogP contribution in [0, 0.1) is 0 Å². The van der Waals surface area contributed by atoms with Crippen molar-refractivity contribution in [3.63, 3.8) is 0 Å². The van der Waals surface area contributed by atoms with E-state index in [1.807, 2.05) is 25.7 Å². The van der Waals surface area contributed by atoms with Crippen LogP contribution in [0.15, 0.2) is 12.2 Å². The fraction of sp³-hybridized carbons (Fsp3) is 0.914. The third kappa shape index (κ3) is 13.2. The Balaban J connectivity index is 3.21. The fourth-order valence-electron chi connectivity index (χ4n) is 4.91. The second-order valence-corrected chi connectivity index (χ2v) is 26.3. The third-order valence-electron chi connectivity index (χ3n) is 9.75. The fourth-order valence-corrected chi connectivity index (χ4v) is 7.31. The van der Waals surface area contributed by atoms with E-state index in [0.29, 0.717) is 6.61 Å². The summed E-state index contributed by atoms with van der Waals surface area (Å²) in [6, 6.07) is -0.198. The number of hydrogen-bond acceptors (Lipinski definition) is 4. The second-order valence-electron chi connectivity index (χ2n) is 16.8. The Hall–Kier alpha value is -0.636. The maximum absolute atomic E-state index is 13.9. The molecule has 1 aliphatic rings. The molecule has 7 heteroatoms. The van der Waals surface area contributed by atoms with Crippen LogP contribution in [0.5, 0.6) is 0 Å². The van der Waals surface area contributed by atoms with Crippen LogP contribution in [-0.2, 0) is 13.6 Å². The van der Waals surface area contributed by atoms with Crippen LogP contribution in [-0.4, -0.2) is 58.0 Å². The molecule has 0 unspecified atom stereocenters. The van der Waals surface area contributed by atoms with Crippen molar-refractivity contribution in [2.24, 2.45) is 0 Å². The Bertz CT molecular complexity index is 820. The van der Waals surface area contributed by atoms with Gasteiger partial charge in [-0.25, -0.2) is 4.79 Å². The first-order valence-corrected chi connectivity index (χ1v) is 22.9. The largest absolute Gasteiger partial charge is 0.444 e. The number of ether oxygens (including phenoxy) is 1. The average Bonchev–Trinajstić information content (AvgIpc) is 2.82. The normalized spacial score (nSPS) is 21.3. The van der Waals surface area contributed by atoms with Gasteiger partial charge in [0, 0.05) is 0 Å². The molecule has 0 saturated carbocycles. The number of likely N-dealkylation sites (tertiary alicyclic amines) is 1. The van der Waals surface area contributed by atoms with Crippen LogP contribution in [0.25, 0.3) is 0 Å². The molecule has 0 bridgehead atoms. The first-order valence-electron chi connectivity index (χ1n) is 17.1. The average molecular weight is 626 g/mol. The summed E-state index contributed by atoms with van der Waals surface area (Å²) >= 11 is 0. The van der Waals surface area contributed by atoms with Gasteiger partial charge in [-0.2, -0.15) is 0 Å². The van der Waals surface area contributed by atoms with Gasteiger partial charge < -0.3 is 13.6 Å². The molecule has 0 N–H and O–H groups in total. The lowest BCUT2D eigenvalue weighted by molar-refractivity contribution is -0.0439. The highest BCUT2D eigenvalue weighted by Gasteiger charge is 2.48. The van der Waals surface area contributed by atoms with Gasteiger partial charge >= 0.3 is 6.09 Å². The molecule has 1 rings (SSSR count). The van der Waals surface area contributed by atoms with E-state index in [2.05, 4.69) is 86.8 Å². The lowest BCUT2D eigenvalue weighted by Crippen LogP contribution is -2.62. The number of allylic oxidation sites excluding steroid dienone is 1. The van der Waals surface area contributed by atoms with E-state index in [0.717, 1.165) is 19.3 Å². The molecule has 0 aromatic rings. The number of nitrogens with zero attached hydrogens (tertiary/aromatic N) is 1. The van der Waals surface area contributed by atoms with Crippen molar-refractivity contribution in [1.29, 1.82) is 0 Å². The van der Waals surface area contributed by atoms with E-state index in [9.17, 15) is 4.79 Å². The Kier molecular flexibility index (Phi) is 15.6. The van der Waals surface area contributed by atoms with Crippen molar-refractivity contribution in [2.45, 2.75) is 200 Å². The van der Waals surface area contributed by atoms with Crippen LogP contribution in [0.2, 0.25) is 36.3 Å². The van der Waals surface area contributed by atoms with Crippen LogP contribution in [0.3, 0.4) is 0 Å². The minimum Gasteiger partial charge on any atom is -0.444 e. The first kappa shape index (κ1) is 39.4. The van der Waals surface area contributed by atoms with E-state index in [4.69, 9.17) is 13.6 Å². The van der Waals surface area contributed by atoms with Gasteiger partial charge in [-0.05, 0) is 82.7 Å². The summed E-state index contributed by atoms with van der Waals surface area (Å²) in [5.41, 5.74) is -0.569. The minimum atomic E-state index is -2.07. The van der Waals surface area contributed by atoms with E-state index >= 15 is 0 Å². The molecule has 42 heavy (non-hydrogen) atoms. The summed E-state index contributed by atoms with van der Waals surface area (Å²) in [6.07, 6.45) is 17.7. The molecule has 1 amide bonds. The highest BCUT2D eigenvalue weighted by molar-refractivity contribution is 6.74. The highest BCUT2D eigenvalue weighted by Crippen LogP contribution is 2.41. The molecule has 1 saturated heterocycles. The molecule has 248 valence electrons. The SMILES string of the molecule is CCCCCCCCCC/C=C\[C@@H]1CC[C@H](O[Si](C)(C)C(C)(C)C)[C@@H](CO[Si](C)(C)C(C)(C)C)N1C(=O)OC(C)(C)C. The van der Waals surface area contributed by atoms with Gasteiger partial charge in [0.2, 0.25) is 0 Å². The maximum atomic E-state index is 13.9. The molecular formula is C35H71NO4Si2. The van der Waals surface area contributed by atoms with E-state index in [1.165, 1.54) is 51.4 Å². The van der Waals surface area contributed by atoms with Crippen molar-refractivity contribution >= 4 is 22.7 Å². The number of piperidine rings is 1. The van der Waals surface area contributed by atoms with E-state index < -0.39 is 22.2 Å². The summed E-state index contributed by atoms with van der Waals surface area (Å²) in [5.74, 6) is 0. The number of rotatable bonds is 15. The Morgan fingerprint density at radius 1 is 0.786 bits per heavy atom. The van der Waals surface area contributed by atoms with Gasteiger partial charge in [0.1, 0.15) is 5.60 Å². The standard InChI is InChI=1S/C35H71NO4Si2/c1-15-16-17-18-19-20-21-22-23-24-25-29-26-27-31(40-42(13,14)35(8,9)10)30(28-38-41(11,12)34(5,6)7)36(29)32(37)39-33(2,3)4/h24-25,29-31H,15-23,26-28H2,1-14H3/b25-24-/t29-,30-,31+/m1/s1. The number of unbranched alkanes of at least 4 members (excludes halogenated alkanes) is 8. The van der Waals surface area contributed by atoms with Crippen molar-refractivity contribution in [3.05, 3.63) is 12.2 Å². The Morgan fingerprint density at radius 2 is 1.31 bits per heavy atom. The molecule has 0 spiro atoms. The number of carbonyl (C=O) groups excluding carboxylic acids is 1. The zero-order valence-electron chi connectivity index (χ0n) is 30.5. The maximum Gasteiger partial charge on any atom is 0.411 e. The summed E-state index contributed by atoms with van der Waals surface area (Å²) in [4.78, 5) is 15.9. The monoisotopic (exact) mass is 625 g/mol. The lowest BCUT2D eigenvalue weighted by atomic mass is 9.93. The predicted octanol–water partition coefficient (Wildman–Crippen LogP) is 11.3. The smallest absolute Gasteiger partial charge is 0.411 e. The van der Waals surface area contributed by atoms with Gasteiger partial charge in [0.25, 0.3) is 0 Å². The van der Waals surface area contributed by atoms with Crippen molar-refractivity contribution in [1.82, 2.24) is 4.90 Å². The first-order chi connectivity index (χ1) is 19.1. The van der Waals surface area contributed by atoms with E-state index in [1.54, 1.807) is 0 Å². The number of hydrogen-bond donors (Lipinski definition) is 0. The zero-order chi connectivity index (χ0) is 32.4. The molecule has 0 radical (unpaired) electrons. The molecule has 5 nitrogen and oxygen atoms in total. The summed E-state index contributed by atoms with van der Waals surface area (Å²) in [7, 11) is -4.12. The Morgan fingerprint density at radius 3 is 1.81 bits per heavy atom. The zero-order valence-corrected chi connectivity index (χ0v) is 32.5. The molecule has 3 atom stereocenters. The van der Waals surface area contributed by atoms with Crippen LogP contribution in [0.1, 0.15) is 140 Å². The van der Waals surface area contributed by atoms with Crippen LogP contribution < -0.4 is 0 Å². The lowest BCUT2D eigenvalue weighted by Gasteiger charge is -2.50. The molecule has 1 aliphatic heterocycles. The number of carbonyl (C=O) groups is 1. The molecular weight excluding hydrogens is 555 g/mol. The predicted molar refractivity (Wildman–Crippen MR) is 186 cm³/mol. The van der Waals surface area contributed by atoms with Crippen LogP contribution >= 0.6 is 0 Å². The molecule has 1 fully saturated rings. The molecule has 0 aromatic heterocycles. The van der Waals surface area contributed by atoms with E-state index in [-0.39, 0.29) is 34.4 Å². The van der Waals surface area contributed by atoms with Crippen LogP contribution in [0.4, 0.5) is 4.79 Å². The molecule has 0 aromatic carbocycles.